The van der Waals surface area contributed by atoms with Crippen molar-refractivity contribution in [3.8, 4) is 11.1 Å². The first kappa shape index (κ1) is 28.9. The van der Waals surface area contributed by atoms with Gasteiger partial charge in [-0.3, -0.25) is 4.90 Å². The minimum atomic E-state index is -0.478. The van der Waals surface area contributed by atoms with Crippen LogP contribution in [0.25, 0.3) is 11.1 Å². The molecule has 4 rings (SSSR count). The summed E-state index contributed by atoms with van der Waals surface area (Å²) in [6.45, 7) is 16.8. The number of benzene rings is 2. The van der Waals surface area contributed by atoms with Gasteiger partial charge in [0, 0.05) is 51.7 Å². The topological polar surface area (TPSA) is 62.3 Å². The highest BCUT2D eigenvalue weighted by atomic mass is 16.6. The number of rotatable bonds is 4. The Hall–Kier alpha value is -3.06. The molecular formula is C32H45N3O4. The lowest BCUT2D eigenvalue weighted by Crippen LogP contribution is -2.49. The fourth-order valence-corrected chi connectivity index (χ4v) is 5.21. The van der Waals surface area contributed by atoms with E-state index in [1.165, 1.54) is 22.3 Å². The average Bonchev–Trinajstić information content (AvgIpc) is 2.87. The monoisotopic (exact) mass is 535 g/mol. The summed E-state index contributed by atoms with van der Waals surface area (Å²) in [4.78, 5) is 31.0. The number of carbonyl (C=O) groups excluding carboxylic acids is 2. The smallest absolute Gasteiger partial charge is 0.410 e. The van der Waals surface area contributed by atoms with Crippen LogP contribution >= 0.6 is 0 Å². The first-order valence-electron chi connectivity index (χ1n) is 14.2. The van der Waals surface area contributed by atoms with Gasteiger partial charge < -0.3 is 19.3 Å². The summed E-state index contributed by atoms with van der Waals surface area (Å²) in [5.41, 5.74) is 3.98. The molecule has 0 aliphatic carbocycles. The first-order valence-corrected chi connectivity index (χ1v) is 14.2. The Labute approximate surface area is 234 Å². The van der Waals surface area contributed by atoms with E-state index in [1.54, 1.807) is 4.90 Å². The van der Waals surface area contributed by atoms with Gasteiger partial charge in [-0.1, -0.05) is 42.5 Å². The number of hydrogen-bond donors (Lipinski definition) is 0. The first-order chi connectivity index (χ1) is 18.4. The Morgan fingerprint density at radius 3 is 2.00 bits per heavy atom. The molecule has 7 nitrogen and oxygen atoms in total. The molecule has 2 heterocycles. The molecule has 0 saturated carbocycles. The van der Waals surface area contributed by atoms with Crippen molar-refractivity contribution in [3.63, 3.8) is 0 Å². The van der Waals surface area contributed by atoms with Gasteiger partial charge in [0.1, 0.15) is 11.2 Å². The highest BCUT2D eigenvalue weighted by Crippen LogP contribution is 2.30. The molecule has 7 heteroatoms. The van der Waals surface area contributed by atoms with E-state index in [1.807, 2.05) is 46.4 Å². The number of ether oxygens (including phenoxy) is 2. The standard InChI is InChI=1S/C32H45N3O4/c1-31(2,3)38-29(36)34-19-17-33(18-20-34)22-24-9-7-10-27(21-24)25-12-14-26(15-13-25)28-11-8-16-35(23-28)30(37)39-32(4,5)6/h7,9-10,12-15,21,28H,8,11,16-20,22-23H2,1-6H3/t28-/m1/s1. The Morgan fingerprint density at radius 1 is 0.769 bits per heavy atom. The van der Waals surface area contributed by atoms with Gasteiger partial charge in [0.15, 0.2) is 0 Å². The summed E-state index contributed by atoms with van der Waals surface area (Å²) in [7, 11) is 0. The number of piperazine rings is 1. The van der Waals surface area contributed by atoms with Crippen LogP contribution in [0.15, 0.2) is 48.5 Å². The Morgan fingerprint density at radius 2 is 1.38 bits per heavy atom. The van der Waals surface area contributed by atoms with Crippen LogP contribution in [0.2, 0.25) is 0 Å². The second-order valence-electron chi connectivity index (χ2n) is 12.8. The molecule has 0 aromatic heterocycles. The molecule has 2 amide bonds. The zero-order valence-corrected chi connectivity index (χ0v) is 24.5. The second kappa shape index (κ2) is 12.0. The van der Waals surface area contributed by atoms with Crippen LogP contribution in [0.1, 0.15) is 71.4 Å². The molecule has 0 unspecified atom stereocenters. The largest absolute Gasteiger partial charge is 0.444 e. The molecule has 2 saturated heterocycles. The van der Waals surface area contributed by atoms with E-state index in [4.69, 9.17) is 9.47 Å². The number of piperidine rings is 1. The predicted octanol–water partition coefficient (Wildman–Crippen LogP) is 6.52. The van der Waals surface area contributed by atoms with E-state index in [0.29, 0.717) is 25.6 Å². The van der Waals surface area contributed by atoms with Gasteiger partial charge in [0.05, 0.1) is 0 Å². The van der Waals surface area contributed by atoms with E-state index in [2.05, 4.69) is 53.4 Å². The van der Waals surface area contributed by atoms with Gasteiger partial charge in [0.25, 0.3) is 0 Å². The molecule has 2 aromatic rings. The van der Waals surface area contributed by atoms with Crippen LogP contribution < -0.4 is 0 Å². The van der Waals surface area contributed by atoms with Gasteiger partial charge in [0.2, 0.25) is 0 Å². The number of hydrogen-bond acceptors (Lipinski definition) is 5. The SMILES string of the molecule is CC(C)(C)OC(=O)N1CCN(Cc2cccc(-c3ccc([C@@H]4CCCN(C(=O)OC(C)(C)C)C4)cc3)c2)CC1. The quantitative estimate of drug-likeness (QED) is 0.446. The second-order valence-corrected chi connectivity index (χ2v) is 12.8. The van der Waals surface area contributed by atoms with Gasteiger partial charge in [-0.25, -0.2) is 9.59 Å². The van der Waals surface area contributed by atoms with Gasteiger partial charge in [-0.2, -0.15) is 0 Å². The van der Waals surface area contributed by atoms with Crippen molar-refractivity contribution in [1.29, 1.82) is 0 Å². The number of nitrogens with zero attached hydrogens (tertiary/aromatic N) is 3. The van der Waals surface area contributed by atoms with Gasteiger partial charge >= 0.3 is 12.2 Å². The van der Waals surface area contributed by atoms with Crippen molar-refractivity contribution in [3.05, 3.63) is 59.7 Å². The zero-order valence-electron chi connectivity index (χ0n) is 24.5. The van der Waals surface area contributed by atoms with Crippen LogP contribution in [-0.2, 0) is 16.0 Å². The molecular weight excluding hydrogens is 490 g/mol. The third kappa shape index (κ3) is 8.46. The number of carbonyl (C=O) groups is 2. The maximum Gasteiger partial charge on any atom is 0.410 e. The van der Waals surface area contributed by atoms with E-state index in [0.717, 1.165) is 39.0 Å². The molecule has 1 atom stereocenters. The molecule has 212 valence electrons. The molecule has 39 heavy (non-hydrogen) atoms. The maximum absolute atomic E-state index is 12.6. The molecule has 0 spiro atoms. The summed E-state index contributed by atoms with van der Waals surface area (Å²) in [5.74, 6) is 0.325. The Balaban J connectivity index is 1.33. The lowest BCUT2D eigenvalue weighted by atomic mass is 9.89. The van der Waals surface area contributed by atoms with E-state index >= 15 is 0 Å². The van der Waals surface area contributed by atoms with Crippen LogP contribution in [0.3, 0.4) is 0 Å². The maximum atomic E-state index is 12.6. The number of amides is 2. The van der Waals surface area contributed by atoms with E-state index in [9.17, 15) is 9.59 Å². The molecule has 0 radical (unpaired) electrons. The third-order valence-corrected chi connectivity index (χ3v) is 7.15. The van der Waals surface area contributed by atoms with Crippen LogP contribution in [0.4, 0.5) is 9.59 Å². The average molecular weight is 536 g/mol. The predicted molar refractivity (Wildman–Crippen MR) is 155 cm³/mol. The fraction of sp³-hybridized carbons (Fsp3) is 0.562. The van der Waals surface area contributed by atoms with Gasteiger partial charge in [-0.05, 0) is 82.7 Å². The minimum Gasteiger partial charge on any atom is -0.444 e. The summed E-state index contributed by atoms with van der Waals surface area (Å²) in [6.07, 6.45) is 1.62. The highest BCUT2D eigenvalue weighted by molar-refractivity contribution is 5.69. The molecule has 0 N–H and O–H groups in total. The lowest BCUT2D eigenvalue weighted by Gasteiger charge is -2.35. The number of likely N-dealkylation sites (tertiary alicyclic amines) is 1. The van der Waals surface area contributed by atoms with E-state index in [-0.39, 0.29) is 12.2 Å². The molecule has 0 bridgehead atoms. The third-order valence-electron chi connectivity index (χ3n) is 7.15. The van der Waals surface area contributed by atoms with Crippen LogP contribution in [0, 0.1) is 0 Å². The Bertz CT molecular complexity index is 1130. The molecule has 2 fully saturated rings. The van der Waals surface area contributed by atoms with Crippen molar-refractivity contribution in [2.24, 2.45) is 0 Å². The summed E-state index contributed by atoms with van der Waals surface area (Å²) >= 11 is 0. The summed E-state index contributed by atoms with van der Waals surface area (Å²) < 4.78 is 11.1. The van der Waals surface area contributed by atoms with Crippen molar-refractivity contribution in [2.75, 3.05) is 39.3 Å². The molecule has 2 aliphatic heterocycles. The van der Waals surface area contributed by atoms with Crippen molar-refractivity contribution in [1.82, 2.24) is 14.7 Å². The van der Waals surface area contributed by atoms with Gasteiger partial charge in [-0.15, -0.1) is 0 Å². The summed E-state index contributed by atoms with van der Waals surface area (Å²) in [6, 6.07) is 17.5. The zero-order chi connectivity index (χ0) is 28.2. The summed E-state index contributed by atoms with van der Waals surface area (Å²) in [5, 5.41) is 0. The van der Waals surface area contributed by atoms with E-state index < -0.39 is 11.2 Å². The fourth-order valence-electron chi connectivity index (χ4n) is 5.21. The van der Waals surface area contributed by atoms with Crippen LogP contribution in [0.5, 0.6) is 0 Å². The molecule has 2 aliphatic rings. The van der Waals surface area contributed by atoms with Crippen LogP contribution in [-0.4, -0.2) is 77.4 Å². The normalized spacial score (nSPS) is 19.1. The van der Waals surface area contributed by atoms with Crippen molar-refractivity contribution in [2.45, 2.75) is 78.0 Å². The Kier molecular flexibility index (Phi) is 8.90. The lowest BCUT2D eigenvalue weighted by molar-refractivity contribution is 0.0137. The van der Waals surface area contributed by atoms with Crippen molar-refractivity contribution < 1.29 is 19.1 Å². The highest BCUT2D eigenvalue weighted by Gasteiger charge is 2.29. The van der Waals surface area contributed by atoms with Crippen molar-refractivity contribution >= 4 is 12.2 Å². The molecule has 2 aromatic carbocycles. The minimum absolute atomic E-state index is 0.216.